The summed E-state index contributed by atoms with van der Waals surface area (Å²) < 4.78 is 55.9. The van der Waals surface area contributed by atoms with Crippen LogP contribution in [-0.2, 0) is 13.2 Å². The molecule has 0 saturated carbocycles. The number of aryl methyl sites for hydroxylation is 1. The molecule has 1 amide bonds. The van der Waals surface area contributed by atoms with Gasteiger partial charge in [-0.3, -0.25) is 9.48 Å². The Balaban J connectivity index is 1.79. The highest BCUT2D eigenvalue weighted by atomic mass is 19.4. The van der Waals surface area contributed by atoms with Crippen LogP contribution in [0.5, 0.6) is 0 Å². The first kappa shape index (κ1) is 18.6. The Morgan fingerprint density at radius 1 is 1.07 bits per heavy atom. The maximum absolute atomic E-state index is 13.6. The molecule has 4 aromatic rings. The van der Waals surface area contributed by atoms with E-state index in [9.17, 15) is 22.4 Å². The van der Waals surface area contributed by atoms with E-state index in [0.29, 0.717) is 10.1 Å². The summed E-state index contributed by atoms with van der Waals surface area (Å²) in [4.78, 5) is 16.5. The van der Waals surface area contributed by atoms with Crippen LogP contribution in [0.4, 0.5) is 23.4 Å². The van der Waals surface area contributed by atoms with E-state index >= 15 is 0 Å². The van der Waals surface area contributed by atoms with Crippen molar-refractivity contribution in [1.82, 2.24) is 24.4 Å². The van der Waals surface area contributed by atoms with Crippen molar-refractivity contribution in [3.05, 3.63) is 65.9 Å². The Bertz CT molecular complexity index is 1210. The number of aromatic nitrogens is 5. The summed E-state index contributed by atoms with van der Waals surface area (Å²) in [5, 5.41) is 10.2. The van der Waals surface area contributed by atoms with E-state index in [2.05, 4.69) is 20.5 Å². The van der Waals surface area contributed by atoms with Gasteiger partial charge in [-0.05, 0) is 30.3 Å². The number of fused-ring (bicyclic) bond motifs is 1. The van der Waals surface area contributed by atoms with Gasteiger partial charge < -0.3 is 5.32 Å². The second-order valence-corrected chi connectivity index (χ2v) is 6.16. The predicted octanol–water partition coefficient (Wildman–Crippen LogP) is 3.54. The van der Waals surface area contributed by atoms with Crippen LogP contribution in [0, 0.1) is 5.82 Å². The minimum atomic E-state index is -4.75. The Morgan fingerprint density at radius 2 is 1.79 bits per heavy atom. The van der Waals surface area contributed by atoms with Crippen LogP contribution in [0.2, 0.25) is 0 Å². The van der Waals surface area contributed by atoms with Gasteiger partial charge in [0.25, 0.3) is 5.91 Å². The van der Waals surface area contributed by atoms with Gasteiger partial charge in [0, 0.05) is 30.9 Å². The number of hydrogen-bond acceptors (Lipinski definition) is 4. The average molecular weight is 404 g/mol. The summed E-state index contributed by atoms with van der Waals surface area (Å²) in [6.45, 7) is 0. The summed E-state index contributed by atoms with van der Waals surface area (Å²) in [5.41, 5.74) is -1.28. The molecule has 148 valence electrons. The number of benzene rings is 1. The van der Waals surface area contributed by atoms with Crippen LogP contribution in [-0.4, -0.2) is 30.3 Å². The van der Waals surface area contributed by atoms with Crippen molar-refractivity contribution in [2.45, 2.75) is 6.18 Å². The Morgan fingerprint density at radius 3 is 2.41 bits per heavy atom. The third-order valence-electron chi connectivity index (χ3n) is 4.05. The number of amides is 1. The van der Waals surface area contributed by atoms with Crippen molar-refractivity contribution in [2.24, 2.45) is 7.05 Å². The lowest BCUT2D eigenvalue weighted by atomic mass is 10.1. The third-order valence-corrected chi connectivity index (χ3v) is 4.05. The van der Waals surface area contributed by atoms with Gasteiger partial charge in [0.1, 0.15) is 5.82 Å². The number of hydrogen-bond donors (Lipinski definition) is 1. The van der Waals surface area contributed by atoms with E-state index in [1.165, 1.54) is 22.9 Å². The van der Waals surface area contributed by atoms with Gasteiger partial charge in [0.15, 0.2) is 22.9 Å². The fraction of sp³-hybridized carbons (Fsp3) is 0.111. The van der Waals surface area contributed by atoms with Gasteiger partial charge in [0.2, 0.25) is 0 Å². The molecule has 0 unspecified atom stereocenters. The summed E-state index contributed by atoms with van der Waals surface area (Å²) in [6.07, 6.45) is -3.16. The molecule has 0 aliphatic rings. The van der Waals surface area contributed by atoms with Crippen LogP contribution in [0.1, 0.15) is 16.2 Å². The second kappa shape index (κ2) is 6.69. The molecule has 7 nitrogen and oxygen atoms in total. The number of nitrogens with one attached hydrogen (secondary N) is 1. The molecule has 11 heteroatoms. The fourth-order valence-electron chi connectivity index (χ4n) is 2.72. The van der Waals surface area contributed by atoms with Gasteiger partial charge in [-0.15, -0.1) is 0 Å². The largest absolute Gasteiger partial charge is 0.433 e. The Kier molecular flexibility index (Phi) is 4.29. The first-order valence-corrected chi connectivity index (χ1v) is 8.26. The van der Waals surface area contributed by atoms with E-state index in [1.807, 2.05) is 0 Å². The van der Waals surface area contributed by atoms with Crippen LogP contribution in [0.15, 0.2) is 48.7 Å². The Hall–Kier alpha value is -3.76. The van der Waals surface area contributed by atoms with Crippen molar-refractivity contribution >= 4 is 17.4 Å². The number of rotatable bonds is 3. The van der Waals surface area contributed by atoms with Crippen LogP contribution in [0.3, 0.4) is 0 Å². The van der Waals surface area contributed by atoms with Crippen molar-refractivity contribution in [1.29, 1.82) is 0 Å². The number of halogens is 4. The highest BCUT2D eigenvalue weighted by Crippen LogP contribution is 2.32. The SMILES string of the molecule is Cn1ccc(NC(=O)c2cc3nc(-c4ccc(F)cc4)cc(C(F)(F)F)n3n2)n1. The first-order chi connectivity index (χ1) is 13.7. The zero-order valence-electron chi connectivity index (χ0n) is 14.8. The molecule has 1 aromatic carbocycles. The maximum Gasteiger partial charge on any atom is 0.433 e. The van der Waals surface area contributed by atoms with Crippen LogP contribution < -0.4 is 5.32 Å². The molecular weight excluding hydrogens is 392 g/mol. The number of anilines is 1. The lowest BCUT2D eigenvalue weighted by molar-refractivity contribution is -0.142. The molecule has 0 fully saturated rings. The average Bonchev–Trinajstić information content (AvgIpc) is 3.26. The van der Waals surface area contributed by atoms with Crippen molar-refractivity contribution < 1.29 is 22.4 Å². The summed E-state index contributed by atoms with van der Waals surface area (Å²) in [5.74, 6) is -1.03. The molecule has 0 radical (unpaired) electrons. The molecule has 3 aromatic heterocycles. The molecule has 3 heterocycles. The summed E-state index contributed by atoms with van der Waals surface area (Å²) >= 11 is 0. The molecule has 0 atom stereocenters. The van der Waals surface area contributed by atoms with Gasteiger partial charge in [-0.25, -0.2) is 13.9 Å². The lowest BCUT2D eigenvalue weighted by Gasteiger charge is -2.11. The molecule has 1 N–H and O–H groups in total. The molecule has 0 saturated heterocycles. The standard InChI is InChI=1S/C18H12F4N6O/c1-27-7-6-15(26-27)24-17(29)13-9-16-23-12(10-2-4-11(19)5-3-10)8-14(18(20,21)22)28(16)25-13/h2-9H,1H3,(H,24,26,29). The van der Waals surface area contributed by atoms with Crippen molar-refractivity contribution in [3.63, 3.8) is 0 Å². The molecular formula is C18H12F4N6O. The number of nitrogens with zero attached hydrogens (tertiary/aromatic N) is 5. The lowest BCUT2D eigenvalue weighted by Crippen LogP contribution is -2.16. The van der Waals surface area contributed by atoms with E-state index in [4.69, 9.17) is 0 Å². The normalized spacial score (nSPS) is 11.8. The van der Waals surface area contributed by atoms with E-state index in [0.717, 1.165) is 24.3 Å². The summed E-state index contributed by atoms with van der Waals surface area (Å²) in [6, 6.07) is 8.35. The van der Waals surface area contributed by atoms with Gasteiger partial charge in [-0.1, -0.05) is 0 Å². The topological polar surface area (TPSA) is 77.1 Å². The second-order valence-electron chi connectivity index (χ2n) is 6.16. The molecule has 0 bridgehead atoms. The Labute approximate surface area is 160 Å². The number of alkyl halides is 3. The minimum Gasteiger partial charge on any atom is -0.304 e. The molecule has 0 aliphatic heterocycles. The molecule has 4 rings (SSSR count). The highest BCUT2D eigenvalue weighted by Gasteiger charge is 2.35. The maximum atomic E-state index is 13.6. The van der Waals surface area contributed by atoms with Gasteiger partial charge in [-0.2, -0.15) is 23.4 Å². The van der Waals surface area contributed by atoms with Gasteiger partial charge >= 0.3 is 6.18 Å². The highest BCUT2D eigenvalue weighted by molar-refractivity contribution is 6.03. The van der Waals surface area contributed by atoms with Crippen LogP contribution in [0.25, 0.3) is 16.9 Å². The molecule has 0 aliphatic carbocycles. The van der Waals surface area contributed by atoms with Crippen molar-refractivity contribution in [2.75, 3.05) is 5.32 Å². The minimum absolute atomic E-state index is 0.0265. The quantitative estimate of drug-likeness (QED) is 0.530. The van der Waals surface area contributed by atoms with E-state index < -0.39 is 23.6 Å². The number of carbonyl (C=O) groups excluding carboxylic acids is 1. The molecule has 0 spiro atoms. The third kappa shape index (κ3) is 3.66. The fourth-order valence-corrected chi connectivity index (χ4v) is 2.72. The predicted molar refractivity (Wildman–Crippen MR) is 94.5 cm³/mol. The van der Waals surface area contributed by atoms with E-state index in [1.54, 1.807) is 13.2 Å². The monoisotopic (exact) mass is 404 g/mol. The first-order valence-electron chi connectivity index (χ1n) is 8.26. The van der Waals surface area contributed by atoms with E-state index in [-0.39, 0.29) is 22.9 Å². The molecule has 29 heavy (non-hydrogen) atoms. The zero-order valence-corrected chi connectivity index (χ0v) is 14.8. The smallest absolute Gasteiger partial charge is 0.304 e. The van der Waals surface area contributed by atoms with Gasteiger partial charge in [0.05, 0.1) is 5.69 Å². The van der Waals surface area contributed by atoms with Crippen molar-refractivity contribution in [3.8, 4) is 11.3 Å². The van der Waals surface area contributed by atoms with Crippen LogP contribution >= 0.6 is 0 Å². The zero-order chi connectivity index (χ0) is 20.8. The number of carbonyl (C=O) groups is 1. The summed E-state index contributed by atoms with van der Waals surface area (Å²) in [7, 11) is 1.65.